The van der Waals surface area contributed by atoms with Crippen molar-refractivity contribution in [3.8, 4) is 0 Å². The molecule has 0 fully saturated rings. The number of carboxylic acids is 1. The maximum atomic E-state index is 11.2. The predicted octanol–water partition coefficient (Wildman–Crippen LogP) is 3.16. The normalized spacial score (nSPS) is 12.2. The van der Waals surface area contributed by atoms with Crippen LogP contribution >= 0.6 is 38.9 Å². The van der Waals surface area contributed by atoms with E-state index in [9.17, 15) is 14.7 Å². The predicted molar refractivity (Wildman–Crippen MR) is 70.5 cm³/mol. The Bertz CT molecular complexity index is 404. The zero-order chi connectivity index (χ0) is 13.0. The second-order valence-corrected chi connectivity index (χ2v) is 5.89. The molecule has 0 aliphatic heterocycles. The molecule has 0 radical (unpaired) electrons. The second kappa shape index (κ2) is 6.37. The lowest BCUT2D eigenvalue weighted by atomic mass is 10.2. The molecule has 1 atom stereocenters. The summed E-state index contributed by atoms with van der Waals surface area (Å²) in [6, 6.07) is 0.666. The number of aliphatic carboxylic acids is 1. The average Bonchev–Trinajstić information content (AvgIpc) is 2.57. The van der Waals surface area contributed by atoms with Crippen LogP contribution < -0.4 is 0 Å². The maximum absolute atomic E-state index is 11.2. The molecule has 0 aromatic carbocycles. The molecule has 1 aromatic rings. The van der Waals surface area contributed by atoms with Gasteiger partial charge in [-0.25, -0.2) is 4.79 Å². The molecular formula is C10H11BrClNO3S. The van der Waals surface area contributed by atoms with Crippen LogP contribution in [0.25, 0.3) is 0 Å². The van der Waals surface area contributed by atoms with Gasteiger partial charge in [-0.15, -0.1) is 11.3 Å². The van der Waals surface area contributed by atoms with E-state index >= 15 is 0 Å². The third-order valence-electron chi connectivity index (χ3n) is 2.12. The Kier molecular flexibility index (Phi) is 5.42. The van der Waals surface area contributed by atoms with Crippen LogP contribution in [-0.2, 0) is 9.59 Å². The number of hydrogen-bond acceptors (Lipinski definition) is 3. The number of nitrogens with zero attached hydrogens (tertiary/aromatic N) is 1. The Labute approximate surface area is 116 Å². The first-order valence-electron chi connectivity index (χ1n) is 4.89. The number of carbonyl (C=O) groups is 2. The molecule has 4 nitrogen and oxygen atoms in total. The highest BCUT2D eigenvalue weighted by Gasteiger charge is 2.28. The summed E-state index contributed by atoms with van der Waals surface area (Å²) < 4.78 is 1.13. The van der Waals surface area contributed by atoms with E-state index in [1.54, 1.807) is 6.07 Å². The maximum Gasteiger partial charge on any atom is 0.331 e. The molecule has 0 aliphatic rings. The van der Waals surface area contributed by atoms with E-state index in [0.717, 1.165) is 11.3 Å². The first-order valence-corrected chi connectivity index (χ1v) is 6.88. The van der Waals surface area contributed by atoms with Crippen molar-refractivity contribution in [3.05, 3.63) is 19.8 Å². The Morgan fingerprint density at radius 3 is 2.76 bits per heavy atom. The average molecular weight is 341 g/mol. The summed E-state index contributed by atoms with van der Waals surface area (Å²) >= 11 is 10.3. The third kappa shape index (κ3) is 3.43. The van der Waals surface area contributed by atoms with Gasteiger partial charge in [0.15, 0.2) is 6.04 Å². The van der Waals surface area contributed by atoms with Crippen molar-refractivity contribution in [2.24, 2.45) is 0 Å². The molecule has 1 amide bonds. The van der Waals surface area contributed by atoms with Gasteiger partial charge in [-0.3, -0.25) is 4.79 Å². The Morgan fingerprint density at radius 1 is 1.76 bits per heavy atom. The Hall–Kier alpha value is -0.590. The molecule has 1 rings (SSSR count). The number of carbonyl (C=O) groups excluding carboxylic acids is 1. The zero-order valence-corrected chi connectivity index (χ0v) is 12.2. The Morgan fingerprint density at radius 2 is 2.41 bits per heavy atom. The van der Waals surface area contributed by atoms with Crippen molar-refractivity contribution in [2.75, 3.05) is 6.54 Å². The topological polar surface area (TPSA) is 57.6 Å². The van der Waals surface area contributed by atoms with Gasteiger partial charge in [-0.2, -0.15) is 0 Å². The van der Waals surface area contributed by atoms with Crippen molar-refractivity contribution in [1.82, 2.24) is 4.90 Å². The SMILES string of the molecule is CCCN(C=O)C(C(=O)O)c1cc(Br)c(Cl)s1. The monoisotopic (exact) mass is 339 g/mol. The van der Waals surface area contributed by atoms with Crippen LogP contribution in [0.4, 0.5) is 0 Å². The van der Waals surface area contributed by atoms with Gasteiger partial charge in [-0.1, -0.05) is 18.5 Å². The van der Waals surface area contributed by atoms with Crippen LogP contribution in [0, 0.1) is 0 Å². The first-order chi connectivity index (χ1) is 8.01. The summed E-state index contributed by atoms with van der Waals surface area (Å²) in [7, 11) is 0. The van der Waals surface area contributed by atoms with Gasteiger partial charge in [0, 0.05) is 15.9 Å². The molecule has 0 bridgehead atoms. The third-order valence-corrected chi connectivity index (χ3v) is 4.64. The largest absolute Gasteiger partial charge is 0.479 e. The highest BCUT2D eigenvalue weighted by atomic mass is 79.9. The van der Waals surface area contributed by atoms with Gasteiger partial charge in [0.25, 0.3) is 0 Å². The minimum absolute atomic E-state index is 0.396. The molecule has 1 aromatic heterocycles. The van der Waals surface area contributed by atoms with Crippen LogP contribution in [0.2, 0.25) is 4.34 Å². The van der Waals surface area contributed by atoms with E-state index in [4.69, 9.17) is 11.6 Å². The molecule has 0 aliphatic carbocycles. The van der Waals surface area contributed by atoms with Gasteiger partial charge in [0.2, 0.25) is 6.41 Å². The number of carboxylic acid groups (broad SMARTS) is 1. The summed E-state index contributed by atoms with van der Waals surface area (Å²) in [5, 5.41) is 9.20. The minimum Gasteiger partial charge on any atom is -0.479 e. The highest BCUT2D eigenvalue weighted by molar-refractivity contribution is 9.10. The van der Waals surface area contributed by atoms with Crippen LogP contribution in [0.15, 0.2) is 10.5 Å². The van der Waals surface area contributed by atoms with Crippen molar-refractivity contribution in [1.29, 1.82) is 0 Å². The molecule has 94 valence electrons. The molecule has 1 unspecified atom stereocenters. The van der Waals surface area contributed by atoms with Gasteiger partial charge in [-0.05, 0) is 28.4 Å². The summed E-state index contributed by atoms with van der Waals surface area (Å²) in [4.78, 5) is 24.0. The van der Waals surface area contributed by atoms with Crippen LogP contribution in [0.1, 0.15) is 24.3 Å². The first kappa shape index (κ1) is 14.5. The van der Waals surface area contributed by atoms with E-state index in [0.29, 0.717) is 33.1 Å². The van der Waals surface area contributed by atoms with Gasteiger partial charge >= 0.3 is 5.97 Å². The molecular weight excluding hydrogens is 330 g/mol. The number of rotatable bonds is 6. The van der Waals surface area contributed by atoms with E-state index in [1.165, 1.54) is 4.90 Å². The minimum atomic E-state index is -1.06. The highest BCUT2D eigenvalue weighted by Crippen LogP contribution is 2.37. The summed E-state index contributed by atoms with van der Waals surface area (Å²) in [6.07, 6.45) is 1.26. The molecule has 0 spiro atoms. The van der Waals surface area contributed by atoms with Crippen LogP contribution in [-0.4, -0.2) is 28.9 Å². The molecule has 0 saturated carbocycles. The zero-order valence-electron chi connectivity index (χ0n) is 9.02. The smallest absolute Gasteiger partial charge is 0.331 e. The second-order valence-electron chi connectivity index (χ2n) is 3.35. The quantitative estimate of drug-likeness (QED) is 0.809. The van der Waals surface area contributed by atoms with Gasteiger partial charge < -0.3 is 10.0 Å². The molecule has 17 heavy (non-hydrogen) atoms. The van der Waals surface area contributed by atoms with Gasteiger partial charge in [0.05, 0.1) is 0 Å². The lowest BCUT2D eigenvalue weighted by molar-refractivity contribution is -0.146. The summed E-state index contributed by atoms with van der Waals surface area (Å²) in [5.74, 6) is -1.06. The molecule has 1 N–H and O–H groups in total. The fourth-order valence-electron chi connectivity index (χ4n) is 1.43. The summed E-state index contributed by atoms with van der Waals surface area (Å²) in [5.41, 5.74) is 0. The van der Waals surface area contributed by atoms with E-state index in [2.05, 4.69) is 15.9 Å². The van der Waals surface area contributed by atoms with E-state index in [1.807, 2.05) is 6.92 Å². The van der Waals surface area contributed by atoms with Crippen molar-refractivity contribution in [3.63, 3.8) is 0 Å². The Balaban J connectivity index is 3.07. The van der Waals surface area contributed by atoms with Crippen molar-refractivity contribution >= 4 is 51.2 Å². The number of thiophene rings is 1. The number of halogens is 2. The lowest BCUT2D eigenvalue weighted by Crippen LogP contribution is -2.33. The van der Waals surface area contributed by atoms with Crippen molar-refractivity contribution in [2.45, 2.75) is 19.4 Å². The van der Waals surface area contributed by atoms with E-state index < -0.39 is 12.0 Å². The van der Waals surface area contributed by atoms with E-state index in [-0.39, 0.29) is 0 Å². The summed E-state index contributed by atoms with van der Waals surface area (Å²) in [6.45, 7) is 2.28. The van der Waals surface area contributed by atoms with Crippen LogP contribution in [0.5, 0.6) is 0 Å². The number of amides is 1. The van der Waals surface area contributed by atoms with Crippen molar-refractivity contribution < 1.29 is 14.7 Å². The fraction of sp³-hybridized carbons (Fsp3) is 0.400. The number of hydrogen-bond donors (Lipinski definition) is 1. The fourth-order valence-corrected chi connectivity index (χ4v) is 3.28. The lowest BCUT2D eigenvalue weighted by Gasteiger charge is -2.23. The molecule has 7 heteroatoms. The molecule has 1 heterocycles. The van der Waals surface area contributed by atoms with Gasteiger partial charge in [0.1, 0.15) is 4.34 Å². The standard InChI is InChI=1S/C10H11BrClNO3S/c1-2-3-13(5-14)8(10(15)16)7-4-6(11)9(12)17-7/h4-5,8H,2-3H2,1H3,(H,15,16). The molecule has 0 saturated heterocycles. The van der Waals surface area contributed by atoms with Crippen LogP contribution in [0.3, 0.4) is 0 Å².